The first-order valence-electron chi connectivity index (χ1n) is 5.16. The van der Waals surface area contributed by atoms with E-state index in [1.807, 2.05) is 14.1 Å². The zero-order chi connectivity index (χ0) is 12.7. The molecule has 0 heterocycles. The Kier molecular flexibility index (Phi) is 7.38. The highest BCUT2D eigenvalue weighted by atomic mass is 35.5. The van der Waals surface area contributed by atoms with Crippen molar-refractivity contribution >= 4 is 17.6 Å². The number of nitrogens with zero attached hydrogens (tertiary/aromatic N) is 1. The van der Waals surface area contributed by atoms with Crippen LogP contribution >= 0.6 is 11.6 Å². The average molecular weight is 250 g/mol. The molecule has 16 heavy (non-hydrogen) atoms. The van der Waals surface area contributed by atoms with Gasteiger partial charge in [0.2, 0.25) is 0 Å². The van der Waals surface area contributed by atoms with Crippen molar-refractivity contribution < 1.29 is 14.6 Å². The number of carbonyl (C=O) groups is 1. The molecule has 5 heteroatoms. The highest BCUT2D eigenvalue weighted by molar-refractivity contribution is 6.18. The highest BCUT2D eigenvalue weighted by Crippen LogP contribution is 2.05. The van der Waals surface area contributed by atoms with Crippen LogP contribution in [0.1, 0.15) is 20.3 Å². The molecule has 94 valence electrons. The first-order chi connectivity index (χ1) is 7.38. The minimum absolute atomic E-state index is 0.160. The lowest BCUT2D eigenvalue weighted by Crippen LogP contribution is -2.30. The summed E-state index contributed by atoms with van der Waals surface area (Å²) in [6.07, 6.45) is 1.11. The van der Waals surface area contributed by atoms with E-state index >= 15 is 0 Å². The molecule has 1 N–H and O–H groups in total. The van der Waals surface area contributed by atoms with Gasteiger partial charge < -0.3 is 9.84 Å². The number of rotatable bonds is 6. The monoisotopic (exact) mass is 249 g/mol. The number of carbonyl (C=O) groups excluding carboxylic acids is 1. The summed E-state index contributed by atoms with van der Waals surface area (Å²) >= 11 is 5.44. The van der Waals surface area contributed by atoms with Crippen molar-refractivity contribution in [1.82, 2.24) is 4.90 Å². The van der Waals surface area contributed by atoms with E-state index in [0.717, 1.165) is 0 Å². The third-order valence-corrected chi connectivity index (χ3v) is 2.56. The van der Waals surface area contributed by atoms with Crippen molar-refractivity contribution in [3.05, 3.63) is 11.6 Å². The smallest absolute Gasteiger partial charge is 0.334 e. The summed E-state index contributed by atoms with van der Waals surface area (Å²) in [6.45, 7) is 3.45. The van der Waals surface area contributed by atoms with Crippen LogP contribution in [0.4, 0.5) is 0 Å². The molecule has 4 nitrogen and oxygen atoms in total. The molecule has 0 bridgehead atoms. The van der Waals surface area contributed by atoms with E-state index in [1.165, 1.54) is 0 Å². The quantitative estimate of drug-likeness (QED) is 0.334. The summed E-state index contributed by atoms with van der Waals surface area (Å²) in [7, 11) is 3.66. The summed E-state index contributed by atoms with van der Waals surface area (Å²) < 4.78 is 5.14. The van der Waals surface area contributed by atoms with E-state index in [4.69, 9.17) is 16.3 Å². The predicted molar refractivity (Wildman–Crippen MR) is 64.3 cm³/mol. The molecule has 2 atom stereocenters. The second-order valence-corrected chi connectivity index (χ2v) is 4.21. The van der Waals surface area contributed by atoms with Gasteiger partial charge in [0, 0.05) is 11.5 Å². The third-order valence-electron chi connectivity index (χ3n) is 2.20. The topological polar surface area (TPSA) is 49.8 Å². The maximum atomic E-state index is 11.5. The van der Waals surface area contributed by atoms with Gasteiger partial charge in [0.15, 0.2) is 6.23 Å². The normalized spacial score (nSPS) is 16.1. The third kappa shape index (κ3) is 6.10. The summed E-state index contributed by atoms with van der Waals surface area (Å²) in [6, 6.07) is 0. The SMILES string of the molecule is CC(=CCC(O)CCl)C(=O)OC(C)N(C)C. The lowest BCUT2D eigenvalue weighted by atomic mass is 10.2. The van der Waals surface area contributed by atoms with Gasteiger partial charge in [0.25, 0.3) is 0 Å². The summed E-state index contributed by atoms with van der Waals surface area (Å²) in [5, 5.41) is 9.22. The Balaban J connectivity index is 4.17. The van der Waals surface area contributed by atoms with Crippen LogP contribution in [-0.2, 0) is 9.53 Å². The molecular weight excluding hydrogens is 230 g/mol. The van der Waals surface area contributed by atoms with Gasteiger partial charge in [-0.3, -0.25) is 4.90 Å². The van der Waals surface area contributed by atoms with Crippen LogP contribution < -0.4 is 0 Å². The molecule has 0 aromatic carbocycles. The molecule has 0 saturated carbocycles. The van der Waals surface area contributed by atoms with Gasteiger partial charge in [0.1, 0.15) is 0 Å². The number of esters is 1. The number of halogens is 1. The van der Waals surface area contributed by atoms with E-state index < -0.39 is 6.10 Å². The van der Waals surface area contributed by atoms with Gasteiger partial charge in [-0.15, -0.1) is 11.6 Å². The van der Waals surface area contributed by atoms with Crippen LogP contribution in [0.5, 0.6) is 0 Å². The minimum atomic E-state index is -0.615. The minimum Gasteiger partial charge on any atom is -0.443 e. The number of aliphatic hydroxyl groups excluding tert-OH is 1. The van der Waals surface area contributed by atoms with Crippen molar-refractivity contribution in [3.63, 3.8) is 0 Å². The van der Waals surface area contributed by atoms with E-state index in [1.54, 1.807) is 24.8 Å². The van der Waals surface area contributed by atoms with Gasteiger partial charge in [0.05, 0.1) is 6.10 Å². The van der Waals surface area contributed by atoms with Crippen molar-refractivity contribution in [2.45, 2.75) is 32.6 Å². The van der Waals surface area contributed by atoms with Gasteiger partial charge in [-0.05, 0) is 34.4 Å². The van der Waals surface area contributed by atoms with Crippen LogP contribution in [0, 0.1) is 0 Å². The molecule has 0 amide bonds. The Bertz CT molecular complexity index is 254. The molecule has 0 aliphatic rings. The fraction of sp³-hybridized carbons (Fsp3) is 0.727. The van der Waals surface area contributed by atoms with Crippen LogP contribution in [0.2, 0.25) is 0 Å². The van der Waals surface area contributed by atoms with Crippen LogP contribution in [-0.4, -0.2) is 48.3 Å². The first kappa shape index (κ1) is 15.4. The fourth-order valence-corrected chi connectivity index (χ4v) is 0.938. The van der Waals surface area contributed by atoms with E-state index in [0.29, 0.717) is 12.0 Å². The Labute approximate surface area is 102 Å². The Morgan fingerprint density at radius 1 is 1.56 bits per heavy atom. The van der Waals surface area contributed by atoms with Crippen LogP contribution in [0.3, 0.4) is 0 Å². The van der Waals surface area contributed by atoms with Crippen molar-refractivity contribution in [2.24, 2.45) is 0 Å². The maximum absolute atomic E-state index is 11.5. The molecule has 0 radical (unpaired) electrons. The standard InChI is InChI=1S/C11H20ClNO3/c1-8(5-6-10(14)7-12)11(15)16-9(2)13(3)4/h5,9-10,14H,6-7H2,1-4H3. The maximum Gasteiger partial charge on any atom is 0.334 e. The second kappa shape index (κ2) is 7.65. The van der Waals surface area contributed by atoms with Gasteiger partial charge in [-0.1, -0.05) is 6.08 Å². The van der Waals surface area contributed by atoms with E-state index in [9.17, 15) is 9.90 Å². The van der Waals surface area contributed by atoms with Gasteiger partial charge in [-0.25, -0.2) is 4.79 Å². The molecule has 0 spiro atoms. The Morgan fingerprint density at radius 2 is 2.12 bits per heavy atom. The molecule has 0 saturated heterocycles. The van der Waals surface area contributed by atoms with Crippen molar-refractivity contribution in [2.75, 3.05) is 20.0 Å². The largest absolute Gasteiger partial charge is 0.443 e. The molecule has 0 aromatic heterocycles. The number of hydrogen-bond acceptors (Lipinski definition) is 4. The molecule has 0 aromatic rings. The number of alkyl halides is 1. The summed E-state index contributed by atoms with van der Waals surface area (Å²) in [4.78, 5) is 13.3. The Hall–Kier alpha value is -0.580. The molecule has 2 unspecified atom stereocenters. The van der Waals surface area contributed by atoms with Crippen molar-refractivity contribution in [3.8, 4) is 0 Å². The molecule has 0 aliphatic heterocycles. The van der Waals surface area contributed by atoms with Crippen LogP contribution in [0.25, 0.3) is 0 Å². The van der Waals surface area contributed by atoms with Crippen molar-refractivity contribution in [1.29, 1.82) is 0 Å². The number of aliphatic hydroxyl groups is 1. The van der Waals surface area contributed by atoms with E-state index in [-0.39, 0.29) is 18.1 Å². The van der Waals surface area contributed by atoms with E-state index in [2.05, 4.69) is 0 Å². The highest BCUT2D eigenvalue weighted by Gasteiger charge is 2.12. The molecule has 0 rings (SSSR count). The molecule has 0 fully saturated rings. The van der Waals surface area contributed by atoms with Gasteiger partial charge >= 0.3 is 5.97 Å². The lowest BCUT2D eigenvalue weighted by Gasteiger charge is -2.20. The number of hydrogen-bond donors (Lipinski definition) is 1. The summed E-state index contributed by atoms with van der Waals surface area (Å²) in [5.41, 5.74) is 0.484. The molecule has 0 aliphatic carbocycles. The second-order valence-electron chi connectivity index (χ2n) is 3.90. The molecular formula is C11H20ClNO3. The lowest BCUT2D eigenvalue weighted by molar-refractivity contribution is -0.150. The van der Waals surface area contributed by atoms with Crippen LogP contribution in [0.15, 0.2) is 11.6 Å². The first-order valence-corrected chi connectivity index (χ1v) is 5.70. The zero-order valence-corrected chi connectivity index (χ0v) is 11.0. The predicted octanol–water partition coefficient (Wildman–Crippen LogP) is 1.37. The fourth-order valence-electron chi connectivity index (χ4n) is 0.812. The average Bonchev–Trinajstić information content (AvgIpc) is 2.24. The number of ether oxygens (including phenoxy) is 1. The van der Waals surface area contributed by atoms with Gasteiger partial charge in [-0.2, -0.15) is 0 Å². The zero-order valence-electron chi connectivity index (χ0n) is 10.2. The summed E-state index contributed by atoms with van der Waals surface area (Å²) in [5.74, 6) is -0.213. The Morgan fingerprint density at radius 3 is 2.56 bits per heavy atom.